The van der Waals surface area contributed by atoms with Gasteiger partial charge in [0.2, 0.25) is 5.91 Å². The van der Waals surface area contributed by atoms with Crippen LogP contribution in [0.2, 0.25) is 0 Å². The van der Waals surface area contributed by atoms with Crippen molar-refractivity contribution in [3.63, 3.8) is 0 Å². The molecule has 1 aliphatic heterocycles. The molecule has 2 aromatic carbocycles. The Labute approximate surface area is 185 Å². The van der Waals surface area contributed by atoms with Gasteiger partial charge in [0.25, 0.3) is 0 Å². The molecule has 32 heavy (non-hydrogen) atoms. The quantitative estimate of drug-likeness (QED) is 0.551. The van der Waals surface area contributed by atoms with Gasteiger partial charge in [0.15, 0.2) is 0 Å². The van der Waals surface area contributed by atoms with E-state index in [9.17, 15) is 9.59 Å². The highest BCUT2D eigenvalue weighted by Crippen LogP contribution is 2.25. The second-order valence-electron chi connectivity index (χ2n) is 7.18. The van der Waals surface area contributed by atoms with Crippen molar-refractivity contribution < 1.29 is 19.1 Å². The van der Waals surface area contributed by atoms with E-state index in [1.165, 1.54) is 5.01 Å². The summed E-state index contributed by atoms with van der Waals surface area (Å²) in [6.07, 6.45) is 1.82. The summed E-state index contributed by atoms with van der Waals surface area (Å²) < 4.78 is 11.1. The fourth-order valence-corrected chi connectivity index (χ4v) is 3.23. The number of benzene rings is 2. The highest BCUT2D eigenvalue weighted by molar-refractivity contribution is 6.38. The summed E-state index contributed by atoms with van der Waals surface area (Å²) in [5.41, 5.74) is 7.98. The SMILES string of the molecule is NC(=O)C1CC(C(=O)OCc2ccc(OCc3ccccn3)cc2)=NN1c1ccccc1. The van der Waals surface area contributed by atoms with Crippen LogP contribution in [-0.2, 0) is 27.5 Å². The molecular formula is C24H22N4O4. The molecule has 8 nitrogen and oxygen atoms in total. The zero-order chi connectivity index (χ0) is 22.3. The zero-order valence-corrected chi connectivity index (χ0v) is 17.3. The number of nitrogens with zero attached hydrogens (tertiary/aromatic N) is 3. The number of primary amides is 1. The maximum absolute atomic E-state index is 12.5. The highest BCUT2D eigenvalue weighted by atomic mass is 16.5. The van der Waals surface area contributed by atoms with Crippen LogP contribution in [-0.4, -0.2) is 28.6 Å². The van der Waals surface area contributed by atoms with Crippen molar-refractivity contribution in [3.05, 3.63) is 90.3 Å². The number of para-hydroxylation sites is 1. The molecule has 4 rings (SSSR count). The molecule has 1 atom stereocenters. The number of aromatic nitrogens is 1. The van der Waals surface area contributed by atoms with Gasteiger partial charge in [0.1, 0.15) is 30.7 Å². The number of esters is 1. The largest absolute Gasteiger partial charge is 0.487 e. The Morgan fingerprint density at radius 2 is 1.72 bits per heavy atom. The van der Waals surface area contributed by atoms with Gasteiger partial charge < -0.3 is 15.2 Å². The number of hydrazone groups is 1. The van der Waals surface area contributed by atoms with Gasteiger partial charge in [-0.25, -0.2) is 4.79 Å². The van der Waals surface area contributed by atoms with Crippen LogP contribution in [0.1, 0.15) is 17.7 Å². The van der Waals surface area contributed by atoms with Crippen molar-refractivity contribution in [1.29, 1.82) is 0 Å². The van der Waals surface area contributed by atoms with Crippen LogP contribution in [0.5, 0.6) is 5.75 Å². The summed E-state index contributed by atoms with van der Waals surface area (Å²) in [5.74, 6) is -0.444. The van der Waals surface area contributed by atoms with Gasteiger partial charge in [0.05, 0.1) is 11.4 Å². The first kappa shape index (κ1) is 21.0. The number of rotatable bonds is 8. The number of carbonyl (C=O) groups excluding carboxylic acids is 2. The van der Waals surface area contributed by atoms with E-state index in [2.05, 4.69) is 10.1 Å². The average Bonchev–Trinajstić information content (AvgIpc) is 3.29. The Bertz CT molecular complexity index is 1100. The topological polar surface area (TPSA) is 107 Å². The lowest BCUT2D eigenvalue weighted by atomic mass is 10.1. The molecule has 8 heteroatoms. The summed E-state index contributed by atoms with van der Waals surface area (Å²) in [5, 5.41) is 5.75. The standard InChI is InChI=1S/C24H22N4O4/c25-23(29)22-14-21(27-28(22)19-7-2-1-3-8-19)24(30)32-15-17-9-11-20(12-10-17)31-16-18-6-4-5-13-26-18/h1-13,22H,14-16H2,(H2,25,29). The number of carbonyl (C=O) groups is 2. The van der Waals surface area contributed by atoms with E-state index < -0.39 is 17.9 Å². The smallest absolute Gasteiger partial charge is 0.354 e. The number of pyridine rings is 1. The van der Waals surface area contributed by atoms with Crippen molar-refractivity contribution in [1.82, 2.24) is 4.98 Å². The molecule has 1 aliphatic rings. The van der Waals surface area contributed by atoms with Crippen LogP contribution in [0.15, 0.2) is 84.1 Å². The second-order valence-corrected chi connectivity index (χ2v) is 7.18. The molecule has 0 bridgehead atoms. The van der Waals surface area contributed by atoms with Crippen LogP contribution < -0.4 is 15.5 Å². The molecule has 0 spiro atoms. The predicted molar refractivity (Wildman–Crippen MR) is 119 cm³/mol. The molecule has 0 fully saturated rings. The van der Waals surface area contributed by atoms with Gasteiger partial charge in [-0.15, -0.1) is 0 Å². The van der Waals surface area contributed by atoms with Crippen molar-refractivity contribution in [2.45, 2.75) is 25.7 Å². The van der Waals surface area contributed by atoms with E-state index in [-0.39, 0.29) is 18.7 Å². The number of nitrogens with two attached hydrogens (primary N) is 1. The third-order valence-corrected chi connectivity index (χ3v) is 4.90. The number of anilines is 1. The highest BCUT2D eigenvalue weighted by Gasteiger charge is 2.35. The Hall–Kier alpha value is -4.20. The molecule has 2 heterocycles. The number of hydrogen-bond donors (Lipinski definition) is 1. The fourth-order valence-electron chi connectivity index (χ4n) is 3.23. The minimum absolute atomic E-state index is 0.0744. The van der Waals surface area contributed by atoms with E-state index in [1.54, 1.807) is 30.5 Å². The average molecular weight is 430 g/mol. The van der Waals surface area contributed by atoms with Crippen molar-refractivity contribution in [2.24, 2.45) is 10.8 Å². The molecule has 1 unspecified atom stereocenters. The Morgan fingerprint density at radius 1 is 0.969 bits per heavy atom. The van der Waals surface area contributed by atoms with Gasteiger partial charge >= 0.3 is 5.97 Å². The van der Waals surface area contributed by atoms with Crippen LogP contribution in [0.3, 0.4) is 0 Å². The molecule has 162 valence electrons. The molecular weight excluding hydrogens is 408 g/mol. The zero-order valence-electron chi connectivity index (χ0n) is 17.3. The third kappa shape index (κ3) is 5.10. The Kier molecular flexibility index (Phi) is 6.41. The maximum atomic E-state index is 12.5. The van der Waals surface area contributed by atoms with E-state index in [1.807, 2.05) is 48.5 Å². The lowest BCUT2D eigenvalue weighted by Crippen LogP contribution is -2.39. The van der Waals surface area contributed by atoms with E-state index in [4.69, 9.17) is 15.2 Å². The second kappa shape index (κ2) is 9.74. The lowest BCUT2D eigenvalue weighted by molar-refractivity contribution is -0.136. The molecule has 3 aromatic rings. The van der Waals surface area contributed by atoms with Gasteiger partial charge in [0, 0.05) is 12.6 Å². The molecule has 0 aliphatic carbocycles. The van der Waals surface area contributed by atoms with Gasteiger partial charge in [-0.05, 0) is 42.0 Å². The molecule has 1 amide bonds. The first-order chi connectivity index (χ1) is 15.6. The third-order valence-electron chi connectivity index (χ3n) is 4.90. The Balaban J connectivity index is 1.33. The van der Waals surface area contributed by atoms with Crippen molar-refractivity contribution in [3.8, 4) is 5.75 Å². The van der Waals surface area contributed by atoms with Crippen molar-refractivity contribution >= 4 is 23.3 Å². The van der Waals surface area contributed by atoms with Gasteiger partial charge in [-0.2, -0.15) is 5.10 Å². The van der Waals surface area contributed by atoms with Crippen molar-refractivity contribution in [2.75, 3.05) is 5.01 Å². The minimum atomic E-state index is -0.726. The first-order valence-electron chi connectivity index (χ1n) is 10.1. The fraction of sp³-hybridized carbons (Fsp3) is 0.167. The number of amides is 1. The maximum Gasteiger partial charge on any atom is 0.354 e. The van der Waals surface area contributed by atoms with E-state index in [0.717, 1.165) is 11.3 Å². The lowest BCUT2D eigenvalue weighted by Gasteiger charge is -2.20. The van der Waals surface area contributed by atoms with Crippen LogP contribution in [0, 0.1) is 0 Å². The molecule has 0 radical (unpaired) electrons. The minimum Gasteiger partial charge on any atom is -0.487 e. The van der Waals surface area contributed by atoms with Crippen LogP contribution in [0.25, 0.3) is 0 Å². The monoisotopic (exact) mass is 430 g/mol. The summed E-state index contributed by atoms with van der Waals surface area (Å²) in [6, 6.07) is 21.3. The Morgan fingerprint density at radius 3 is 2.41 bits per heavy atom. The normalized spacial score (nSPS) is 15.2. The first-order valence-corrected chi connectivity index (χ1v) is 10.1. The molecule has 0 saturated heterocycles. The van der Waals surface area contributed by atoms with E-state index in [0.29, 0.717) is 18.0 Å². The van der Waals surface area contributed by atoms with Crippen LogP contribution >= 0.6 is 0 Å². The van der Waals surface area contributed by atoms with Gasteiger partial charge in [-0.1, -0.05) is 36.4 Å². The summed E-state index contributed by atoms with van der Waals surface area (Å²) in [4.78, 5) is 28.6. The van der Waals surface area contributed by atoms with Crippen LogP contribution in [0.4, 0.5) is 5.69 Å². The summed E-state index contributed by atoms with van der Waals surface area (Å²) in [6.45, 7) is 0.443. The number of ether oxygens (including phenoxy) is 2. The van der Waals surface area contributed by atoms with Gasteiger partial charge in [-0.3, -0.25) is 14.8 Å². The summed E-state index contributed by atoms with van der Waals surface area (Å²) in [7, 11) is 0. The summed E-state index contributed by atoms with van der Waals surface area (Å²) >= 11 is 0. The number of hydrogen-bond acceptors (Lipinski definition) is 7. The van der Waals surface area contributed by atoms with E-state index >= 15 is 0 Å². The molecule has 0 saturated carbocycles. The molecule has 1 aromatic heterocycles. The predicted octanol–water partition coefficient (Wildman–Crippen LogP) is 2.82. The molecule has 2 N–H and O–H groups in total.